The summed E-state index contributed by atoms with van der Waals surface area (Å²) in [5.74, 6) is 0. The van der Waals surface area contributed by atoms with E-state index < -0.39 is 0 Å². The van der Waals surface area contributed by atoms with Crippen LogP contribution in [0.5, 0.6) is 0 Å². The minimum Gasteiger partial charge on any atom is -0.333 e. The molecule has 3 heteroatoms. The lowest BCUT2D eigenvalue weighted by Gasteiger charge is -2.06. The first-order valence-electron chi connectivity index (χ1n) is 3.37. The van der Waals surface area contributed by atoms with Gasteiger partial charge < -0.3 is 16.8 Å². The zero-order valence-corrected chi connectivity index (χ0v) is 8.15. The van der Waals surface area contributed by atoms with Crippen molar-refractivity contribution in [1.29, 1.82) is 0 Å². The summed E-state index contributed by atoms with van der Waals surface area (Å²) in [6.45, 7) is 5.90. The van der Waals surface area contributed by atoms with E-state index in [-0.39, 0.29) is 5.54 Å². The van der Waals surface area contributed by atoms with Crippen molar-refractivity contribution in [2.45, 2.75) is 26.3 Å². The van der Waals surface area contributed by atoms with Crippen LogP contribution in [0.25, 0.3) is 0 Å². The molecule has 0 atom stereocenters. The van der Waals surface area contributed by atoms with Gasteiger partial charge in [-0.15, -0.1) is 0 Å². The van der Waals surface area contributed by atoms with Crippen LogP contribution in [0.1, 0.15) is 20.8 Å². The Morgan fingerprint density at radius 1 is 1.00 bits per heavy atom. The van der Waals surface area contributed by atoms with E-state index in [0.717, 1.165) is 0 Å². The normalized spacial score (nSPS) is 8.40. The van der Waals surface area contributed by atoms with Crippen molar-refractivity contribution in [2.24, 2.45) is 11.5 Å². The summed E-state index contributed by atoms with van der Waals surface area (Å²) in [6.07, 6.45) is 0. The van der Waals surface area contributed by atoms with Crippen LogP contribution in [0.3, 0.4) is 0 Å². The molecule has 66 valence electrons. The fraction of sp³-hybridized carbons (Fsp3) is 1.00. The minimum atomic E-state index is 0. The van der Waals surface area contributed by atoms with Crippen LogP contribution in [-0.4, -0.2) is 26.7 Å². The second-order valence-electron chi connectivity index (χ2n) is 2.87. The highest BCUT2D eigenvalue weighted by atomic mass is 14.7. The van der Waals surface area contributed by atoms with Crippen LogP contribution in [0.2, 0.25) is 0 Å². The largest absolute Gasteiger partial charge is 0.333 e. The third-order valence-electron chi connectivity index (χ3n) is 0. The summed E-state index contributed by atoms with van der Waals surface area (Å²) in [6, 6.07) is 0. The molecule has 0 fully saturated rings. The molecule has 0 aliphatic heterocycles. The van der Waals surface area contributed by atoms with Gasteiger partial charge in [-0.05, 0) is 41.9 Å². The van der Waals surface area contributed by atoms with Crippen LogP contribution >= 0.6 is 0 Å². The Morgan fingerprint density at radius 3 is 1.00 bits per heavy atom. The summed E-state index contributed by atoms with van der Waals surface area (Å²) >= 11 is 0. The molecule has 5 N–H and O–H groups in total. The number of rotatable bonds is 0. The molecule has 10 heavy (non-hydrogen) atoms. The molecule has 0 aliphatic rings. The average molecular weight is 149 g/mol. The zero-order chi connectivity index (χ0) is 9.21. The van der Waals surface area contributed by atoms with Gasteiger partial charge in [0.05, 0.1) is 0 Å². The van der Waals surface area contributed by atoms with Crippen LogP contribution < -0.4 is 16.8 Å². The van der Waals surface area contributed by atoms with Crippen molar-refractivity contribution in [1.82, 2.24) is 5.32 Å². The van der Waals surface area contributed by atoms with Gasteiger partial charge in [-0.25, -0.2) is 0 Å². The summed E-state index contributed by atoms with van der Waals surface area (Å²) in [7, 11) is 5.25. The van der Waals surface area contributed by atoms with Crippen molar-refractivity contribution < 1.29 is 0 Å². The topological polar surface area (TPSA) is 64.1 Å². The smallest absolute Gasteiger partial charge is 0.00686 e. The van der Waals surface area contributed by atoms with Gasteiger partial charge >= 0.3 is 0 Å². The molecule has 0 bridgehead atoms. The lowest BCUT2D eigenvalue weighted by atomic mass is 10.1. The van der Waals surface area contributed by atoms with E-state index >= 15 is 0 Å². The Morgan fingerprint density at radius 2 is 1.00 bits per heavy atom. The summed E-state index contributed by atoms with van der Waals surface area (Å²) < 4.78 is 0. The first-order chi connectivity index (χ1) is 4.41. The highest BCUT2D eigenvalue weighted by Crippen LogP contribution is 1.88. The fourth-order valence-electron chi connectivity index (χ4n) is 0. The third-order valence-corrected chi connectivity index (χ3v) is 0. The quantitative estimate of drug-likeness (QED) is 0.459. The van der Waals surface area contributed by atoms with Gasteiger partial charge in [0.2, 0.25) is 0 Å². The summed E-state index contributed by atoms with van der Waals surface area (Å²) in [5, 5.41) is 2.75. The molecule has 3 nitrogen and oxygen atoms in total. The molecule has 0 rings (SSSR count). The molecular formula is C7H23N3. The van der Waals surface area contributed by atoms with Crippen molar-refractivity contribution in [3.05, 3.63) is 0 Å². The Balaban J connectivity index is -0.0000000847. The van der Waals surface area contributed by atoms with E-state index in [1.807, 2.05) is 34.9 Å². The molecular weight excluding hydrogens is 126 g/mol. The van der Waals surface area contributed by atoms with E-state index in [1.54, 1.807) is 0 Å². The van der Waals surface area contributed by atoms with E-state index in [0.29, 0.717) is 0 Å². The Labute approximate surface area is 65.2 Å². The molecule has 0 aliphatic carbocycles. The molecule has 0 aromatic heterocycles. The van der Waals surface area contributed by atoms with Gasteiger partial charge in [0.15, 0.2) is 0 Å². The van der Waals surface area contributed by atoms with E-state index in [2.05, 4.69) is 11.1 Å². The van der Waals surface area contributed by atoms with Crippen LogP contribution in [0.4, 0.5) is 0 Å². The number of hydrogen-bond acceptors (Lipinski definition) is 3. The maximum Gasteiger partial charge on any atom is 0.00686 e. The van der Waals surface area contributed by atoms with Gasteiger partial charge in [-0.3, -0.25) is 0 Å². The SMILES string of the molecule is CC(C)(C)N.CN.CNC. The number of nitrogens with one attached hydrogen (secondary N) is 1. The van der Waals surface area contributed by atoms with Gasteiger partial charge in [0.25, 0.3) is 0 Å². The monoisotopic (exact) mass is 149 g/mol. The molecule has 0 heterocycles. The van der Waals surface area contributed by atoms with Gasteiger partial charge in [0, 0.05) is 5.54 Å². The number of hydrogen-bond donors (Lipinski definition) is 3. The predicted molar refractivity (Wildman–Crippen MR) is 49.0 cm³/mol. The predicted octanol–water partition coefficient (Wildman–Crippen LogP) is 0.154. The second-order valence-corrected chi connectivity index (χ2v) is 2.87. The first kappa shape index (κ1) is 16.5. The lowest BCUT2D eigenvalue weighted by molar-refractivity contribution is 0.580. The van der Waals surface area contributed by atoms with E-state index in [9.17, 15) is 0 Å². The standard InChI is InChI=1S/C4H11N.C2H7N.CH5N/c1-4(2,3)5;1-3-2;1-2/h5H2,1-3H3;3H,1-2H3;2H2,1H3. The minimum absolute atomic E-state index is 0. The van der Waals surface area contributed by atoms with Crippen LogP contribution in [0, 0.1) is 0 Å². The maximum absolute atomic E-state index is 5.35. The molecule has 0 aromatic rings. The fourth-order valence-corrected chi connectivity index (χ4v) is 0. The Hall–Kier alpha value is -0.120. The van der Waals surface area contributed by atoms with E-state index in [1.165, 1.54) is 7.05 Å². The highest BCUT2D eigenvalue weighted by Gasteiger charge is 1.95. The second kappa shape index (κ2) is 11.6. The van der Waals surface area contributed by atoms with E-state index in [4.69, 9.17) is 5.73 Å². The van der Waals surface area contributed by atoms with Crippen molar-refractivity contribution >= 4 is 0 Å². The first-order valence-corrected chi connectivity index (χ1v) is 3.37. The molecule has 0 amide bonds. The maximum atomic E-state index is 5.35. The molecule has 0 aromatic carbocycles. The summed E-state index contributed by atoms with van der Waals surface area (Å²) in [4.78, 5) is 0. The van der Waals surface area contributed by atoms with Gasteiger partial charge in [-0.2, -0.15) is 0 Å². The molecule has 0 spiro atoms. The van der Waals surface area contributed by atoms with Crippen molar-refractivity contribution in [2.75, 3.05) is 21.1 Å². The zero-order valence-electron chi connectivity index (χ0n) is 8.15. The van der Waals surface area contributed by atoms with Gasteiger partial charge in [-0.1, -0.05) is 0 Å². The molecule has 0 radical (unpaired) electrons. The Kier molecular flexibility index (Phi) is 19.2. The highest BCUT2D eigenvalue weighted by molar-refractivity contribution is 4.60. The van der Waals surface area contributed by atoms with Crippen molar-refractivity contribution in [3.63, 3.8) is 0 Å². The average Bonchev–Trinajstić information content (AvgIpc) is 1.68. The van der Waals surface area contributed by atoms with Crippen LogP contribution in [0.15, 0.2) is 0 Å². The third kappa shape index (κ3) is 25900. The Bertz CT molecular complexity index is 32.6. The number of nitrogens with two attached hydrogens (primary N) is 2. The van der Waals surface area contributed by atoms with Gasteiger partial charge in [0.1, 0.15) is 0 Å². The summed E-state index contributed by atoms with van der Waals surface area (Å²) in [5.41, 5.74) is 9.85. The lowest BCUT2D eigenvalue weighted by Crippen LogP contribution is -2.26. The molecule has 0 unspecified atom stereocenters. The van der Waals surface area contributed by atoms with Crippen molar-refractivity contribution in [3.8, 4) is 0 Å². The molecule has 0 saturated heterocycles. The molecule has 0 saturated carbocycles. The van der Waals surface area contributed by atoms with Crippen LogP contribution in [-0.2, 0) is 0 Å².